The van der Waals surface area contributed by atoms with Crippen molar-refractivity contribution in [2.24, 2.45) is 0 Å². The van der Waals surface area contributed by atoms with Crippen LogP contribution in [0.1, 0.15) is 17.7 Å². The summed E-state index contributed by atoms with van der Waals surface area (Å²) in [4.78, 5) is 21.1. The van der Waals surface area contributed by atoms with Gasteiger partial charge >= 0.3 is 0 Å². The summed E-state index contributed by atoms with van der Waals surface area (Å²) in [7, 11) is 0. The minimum atomic E-state index is -0.0438. The Balaban J connectivity index is 1.58. The van der Waals surface area contributed by atoms with Crippen molar-refractivity contribution in [1.82, 2.24) is 9.88 Å². The number of nitriles is 1. The van der Waals surface area contributed by atoms with Gasteiger partial charge in [0.1, 0.15) is 17.6 Å². The highest BCUT2D eigenvalue weighted by Crippen LogP contribution is 2.28. The van der Waals surface area contributed by atoms with E-state index in [1.165, 1.54) is 0 Å². The fourth-order valence-electron chi connectivity index (χ4n) is 3.68. The van der Waals surface area contributed by atoms with Crippen molar-refractivity contribution in [3.05, 3.63) is 59.8 Å². The molecule has 0 saturated carbocycles. The molecule has 2 aliphatic heterocycles. The third kappa shape index (κ3) is 3.26. The predicted octanol–water partition coefficient (Wildman–Crippen LogP) is 1.96. The number of carbonyl (C=O) groups excluding carboxylic acids is 1. The van der Waals surface area contributed by atoms with Gasteiger partial charge < -0.3 is 14.5 Å². The summed E-state index contributed by atoms with van der Waals surface area (Å²) < 4.78 is 5.98. The van der Waals surface area contributed by atoms with Crippen LogP contribution in [0.3, 0.4) is 0 Å². The molecule has 0 aliphatic carbocycles. The maximum absolute atomic E-state index is 12.7. The van der Waals surface area contributed by atoms with Crippen LogP contribution in [0.5, 0.6) is 0 Å². The second kappa shape index (κ2) is 7.14. The summed E-state index contributed by atoms with van der Waals surface area (Å²) in [6, 6.07) is 17.5. The minimum Gasteiger partial charge on any atom is -0.374 e. The first-order valence-electron chi connectivity index (χ1n) is 8.82. The van der Waals surface area contributed by atoms with E-state index in [9.17, 15) is 4.79 Å². The van der Waals surface area contributed by atoms with Gasteiger partial charge in [-0.2, -0.15) is 5.26 Å². The molecule has 3 heterocycles. The lowest BCUT2D eigenvalue weighted by Crippen LogP contribution is -2.45. The molecule has 4 rings (SSSR count). The normalized spacial score (nSPS) is 22.7. The van der Waals surface area contributed by atoms with Crippen molar-refractivity contribution in [2.75, 3.05) is 24.6 Å². The average Bonchev–Trinajstić information content (AvgIpc) is 3.05. The highest BCUT2D eigenvalue weighted by Gasteiger charge is 2.41. The number of nitrogens with zero attached hydrogens (tertiary/aromatic N) is 4. The van der Waals surface area contributed by atoms with Gasteiger partial charge in [-0.05, 0) is 17.7 Å². The van der Waals surface area contributed by atoms with Crippen molar-refractivity contribution >= 4 is 11.7 Å². The van der Waals surface area contributed by atoms with Crippen molar-refractivity contribution in [2.45, 2.75) is 25.1 Å². The molecular weight excluding hydrogens is 328 g/mol. The molecule has 1 aromatic carbocycles. The molecule has 2 aliphatic rings. The lowest BCUT2D eigenvalue weighted by Gasteiger charge is -2.29. The number of ether oxygens (including phenoxy) is 1. The molecule has 0 spiro atoms. The van der Waals surface area contributed by atoms with Gasteiger partial charge in [0, 0.05) is 19.6 Å². The third-order valence-corrected chi connectivity index (χ3v) is 4.97. The molecule has 1 aromatic heterocycles. The quantitative estimate of drug-likeness (QED) is 0.848. The topological polar surface area (TPSA) is 69.5 Å². The largest absolute Gasteiger partial charge is 0.374 e. The SMILES string of the molecule is N#Cc1cccc(N2C[C@@H]3OCCC(=O)N(Cc4ccccc4)[C@H]3C2)n1. The molecule has 2 atom stereocenters. The van der Waals surface area contributed by atoms with E-state index in [-0.39, 0.29) is 18.1 Å². The van der Waals surface area contributed by atoms with Gasteiger partial charge in [-0.15, -0.1) is 0 Å². The first-order chi connectivity index (χ1) is 12.7. The van der Waals surface area contributed by atoms with Gasteiger partial charge in [0.25, 0.3) is 0 Å². The monoisotopic (exact) mass is 348 g/mol. The van der Waals surface area contributed by atoms with Gasteiger partial charge in [0.2, 0.25) is 5.91 Å². The van der Waals surface area contributed by atoms with E-state index in [2.05, 4.69) is 16.0 Å². The number of carbonyl (C=O) groups is 1. The van der Waals surface area contributed by atoms with Crippen LogP contribution in [0, 0.1) is 11.3 Å². The van der Waals surface area contributed by atoms with Crippen LogP contribution in [0.2, 0.25) is 0 Å². The molecule has 2 fully saturated rings. The molecule has 0 bridgehead atoms. The van der Waals surface area contributed by atoms with Gasteiger partial charge in [0.15, 0.2) is 0 Å². The Morgan fingerprint density at radius 2 is 2.00 bits per heavy atom. The van der Waals surface area contributed by atoms with E-state index >= 15 is 0 Å². The number of benzene rings is 1. The van der Waals surface area contributed by atoms with E-state index in [0.717, 1.165) is 11.4 Å². The van der Waals surface area contributed by atoms with Crippen LogP contribution in [0.4, 0.5) is 5.82 Å². The van der Waals surface area contributed by atoms with Crippen molar-refractivity contribution in [3.8, 4) is 6.07 Å². The van der Waals surface area contributed by atoms with E-state index in [0.29, 0.717) is 38.4 Å². The van der Waals surface area contributed by atoms with E-state index in [1.54, 1.807) is 6.07 Å². The molecule has 6 heteroatoms. The minimum absolute atomic E-state index is 0.0160. The number of anilines is 1. The van der Waals surface area contributed by atoms with Crippen LogP contribution in [0.15, 0.2) is 48.5 Å². The summed E-state index contributed by atoms with van der Waals surface area (Å²) in [6.07, 6.45) is 0.375. The molecule has 0 unspecified atom stereocenters. The molecule has 1 amide bonds. The van der Waals surface area contributed by atoms with E-state index in [1.807, 2.05) is 47.4 Å². The van der Waals surface area contributed by atoms with E-state index < -0.39 is 0 Å². The van der Waals surface area contributed by atoms with Crippen LogP contribution in [-0.4, -0.2) is 47.6 Å². The van der Waals surface area contributed by atoms with Crippen LogP contribution >= 0.6 is 0 Å². The Kier molecular flexibility index (Phi) is 4.55. The summed E-state index contributed by atoms with van der Waals surface area (Å²) in [5.41, 5.74) is 1.51. The zero-order chi connectivity index (χ0) is 17.9. The maximum atomic E-state index is 12.7. The zero-order valence-corrected chi connectivity index (χ0v) is 14.4. The van der Waals surface area contributed by atoms with E-state index in [4.69, 9.17) is 10.00 Å². The Bertz CT molecular complexity index is 833. The van der Waals surface area contributed by atoms with Gasteiger partial charge in [-0.25, -0.2) is 4.98 Å². The Morgan fingerprint density at radius 1 is 1.15 bits per heavy atom. The van der Waals surface area contributed by atoms with Crippen LogP contribution < -0.4 is 4.90 Å². The number of aromatic nitrogens is 1. The summed E-state index contributed by atoms with van der Waals surface area (Å²) >= 11 is 0. The molecule has 0 N–H and O–H groups in total. The fraction of sp³-hybridized carbons (Fsp3) is 0.350. The van der Waals surface area contributed by atoms with Crippen LogP contribution in [-0.2, 0) is 16.1 Å². The molecule has 0 radical (unpaired) electrons. The molecule has 26 heavy (non-hydrogen) atoms. The highest BCUT2D eigenvalue weighted by atomic mass is 16.5. The number of amides is 1. The fourth-order valence-corrected chi connectivity index (χ4v) is 3.68. The lowest BCUT2D eigenvalue weighted by molar-refractivity contribution is -0.133. The van der Waals surface area contributed by atoms with Gasteiger partial charge in [0.05, 0.1) is 25.2 Å². The maximum Gasteiger partial charge on any atom is 0.225 e. The Labute approximate surface area is 152 Å². The Morgan fingerprint density at radius 3 is 2.81 bits per heavy atom. The standard InChI is InChI=1S/C20H20N4O2/c21-11-16-7-4-8-19(22-16)23-13-17-18(14-23)26-10-9-20(25)24(17)12-15-5-2-1-3-6-15/h1-8,17-18H,9-10,12-14H2/t17-,18-/m0/s1. The predicted molar refractivity (Wildman–Crippen MR) is 96.3 cm³/mol. The number of hydrogen-bond acceptors (Lipinski definition) is 5. The molecule has 2 saturated heterocycles. The second-order valence-electron chi connectivity index (χ2n) is 6.63. The number of pyridine rings is 1. The highest BCUT2D eigenvalue weighted by molar-refractivity contribution is 5.77. The summed E-state index contributed by atoms with van der Waals surface area (Å²) in [6.45, 7) is 2.37. The number of hydrogen-bond donors (Lipinski definition) is 0. The Hall–Kier alpha value is -2.91. The lowest BCUT2D eigenvalue weighted by atomic mass is 10.1. The molecule has 2 aromatic rings. The number of fused-ring (bicyclic) bond motifs is 1. The first kappa shape index (κ1) is 16.6. The number of rotatable bonds is 3. The molecular formula is C20H20N4O2. The van der Waals surface area contributed by atoms with Crippen molar-refractivity contribution < 1.29 is 9.53 Å². The summed E-state index contributed by atoms with van der Waals surface area (Å²) in [5.74, 6) is 0.884. The second-order valence-corrected chi connectivity index (χ2v) is 6.63. The third-order valence-electron chi connectivity index (χ3n) is 4.97. The van der Waals surface area contributed by atoms with Gasteiger partial charge in [-0.3, -0.25) is 4.79 Å². The molecule has 132 valence electrons. The van der Waals surface area contributed by atoms with Crippen LogP contribution in [0.25, 0.3) is 0 Å². The smallest absolute Gasteiger partial charge is 0.225 e. The van der Waals surface area contributed by atoms with Crippen molar-refractivity contribution in [3.63, 3.8) is 0 Å². The average molecular weight is 348 g/mol. The van der Waals surface area contributed by atoms with Gasteiger partial charge in [-0.1, -0.05) is 36.4 Å². The first-order valence-corrected chi connectivity index (χ1v) is 8.82. The van der Waals surface area contributed by atoms with Crippen molar-refractivity contribution in [1.29, 1.82) is 5.26 Å². The zero-order valence-electron chi connectivity index (χ0n) is 14.4. The molecule has 6 nitrogen and oxygen atoms in total. The summed E-state index contributed by atoms with van der Waals surface area (Å²) in [5, 5.41) is 9.08.